The number of fused-ring (bicyclic) bond motifs is 1. The van der Waals surface area contributed by atoms with Crippen molar-refractivity contribution in [1.82, 2.24) is 15.2 Å². The molecule has 1 aliphatic heterocycles. The predicted octanol–water partition coefficient (Wildman–Crippen LogP) is 5.12. The zero-order chi connectivity index (χ0) is 24.0. The van der Waals surface area contributed by atoms with Crippen molar-refractivity contribution in [3.05, 3.63) is 69.3 Å². The average Bonchev–Trinajstić information content (AvgIpc) is 3.30. The van der Waals surface area contributed by atoms with E-state index in [1.807, 2.05) is 36.9 Å². The Balaban J connectivity index is 1.35. The first-order valence-corrected chi connectivity index (χ1v) is 12.5. The molecule has 1 saturated heterocycles. The van der Waals surface area contributed by atoms with E-state index in [-0.39, 0.29) is 23.9 Å². The van der Waals surface area contributed by atoms with Gasteiger partial charge in [-0.15, -0.1) is 11.3 Å². The van der Waals surface area contributed by atoms with Crippen LogP contribution < -0.4 is 10.1 Å². The SMILES string of the molecule is COc1cc(Cl)ccc1C(=O)NC[C@@H]1C[C@H]2C[C@@H]2N1C(=O)c1nc(C)sc1-c1cccc(C)c1. The standard InChI is InChI=1S/C26H26ClN3O3S/c1-14-5-4-6-16(9-14)24-23(29-15(2)34-24)26(32)30-19(10-17-11-21(17)30)13-28-25(31)20-8-7-18(27)12-22(20)33-3/h4-9,12,17,19,21H,10-11,13H2,1-3H3,(H,28,31)/t17-,19-,21-/m0/s1. The largest absolute Gasteiger partial charge is 0.496 e. The lowest BCUT2D eigenvalue weighted by Gasteiger charge is -2.27. The summed E-state index contributed by atoms with van der Waals surface area (Å²) in [6.07, 6.45) is 1.90. The number of piperidine rings is 1. The summed E-state index contributed by atoms with van der Waals surface area (Å²) < 4.78 is 5.31. The molecule has 176 valence electrons. The number of carbonyl (C=O) groups excluding carboxylic acids is 2. The summed E-state index contributed by atoms with van der Waals surface area (Å²) in [5, 5.41) is 4.37. The van der Waals surface area contributed by atoms with Gasteiger partial charge < -0.3 is 15.0 Å². The number of likely N-dealkylation sites (tertiary alicyclic amines) is 1. The molecule has 0 unspecified atom stereocenters. The third kappa shape index (κ3) is 4.30. The summed E-state index contributed by atoms with van der Waals surface area (Å²) in [7, 11) is 1.51. The van der Waals surface area contributed by atoms with Crippen molar-refractivity contribution in [1.29, 1.82) is 0 Å². The number of benzene rings is 2. The molecule has 1 aromatic heterocycles. The molecule has 2 amide bonds. The summed E-state index contributed by atoms with van der Waals surface area (Å²) in [5.74, 6) is 0.631. The molecule has 3 atom stereocenters. The van der Waals surface area contributed by atoms with Gasteiger partial charge in [-0.3, -0.25) is 9.59 Å². The fraction of sp³-hybridized carbons (Fsp3) is 0.346. The summed E-state index contributed by atoms with van der Waals surface area (Å²) in [4.78, 5) is 34.1. The predicted molar refractivity (Wildman–Crippen MR) is 134 cm³/mol. The van der Waals surface area contributed by atoms with Crippen molar-refractivity contribution >= 4 is 34.8 Å². The molecule has 2 fully saturated rings. The van der Waals surface area contributed by atoms with Gasteiger partial charge in [0.2, 0.25) is 0 Å². The number of hydrogen-bond donors (Lipinski definition) is 1. The maximum absolute atomic E-state index is 13.8. The Hall–Kier alpha value is -2.90. The number of nitrogens with zero attached hydrogens (tertiary/aromatic N) is 2. The molecular weight excluding hydrogens is 470 g/mol. The van der Waals surface area contributed by atoms with Crippen molar-refractivity contribution in [2.45, 2.75) is 38.8 Å². The Morgan fingerprint density at radius 3 is 2.79 bits per heavy atom. The number of aryl methyl sites for hydroxylation is 2. The van der Waals surface area contributed by atoms with E-state index < -0.39 is 0 Å². The molecule has 2 aliphatic rings. The minimum atomic E-state index is -0.244. The van der Waals surface area contributed by atoms with Crippen LogP contribution in [0, 0.1) is 19.8 Å². The summed E-state index contributed by atoms with van der Waals surface area (Å²) in [6, 6.07) is 13.3. The van der Waals surface area contributed by atoms with Crippen LogP contribution in [0.3, 0.4) is 0 Å². The highest BCUT2D eigenvalue weighted by Gasteiger charge is 2.54. The average molecular weight is 496 g/mol. The van der Waals surface area contributed by atoms with E-state index in [1.54, 1.807) is 29.5 Å². The fourth-order valence-electron chi connectivity index (χ4n) is 4.89. The van der Waals surface area contributed by atoms with E-state index in [0.29, 0.717) is 34.5 Å². The number of hydrogen-bond acceptors (Lipinski definition) is 5. The lowest BCUT2D eigenvalue weighted by Crippen LogP contribution is -2.45. The Bertz CT molecular complexity index is 1270. The number of amides is 2. The molecular formula is C26H26ClN3O3S. The van der Waals surface area contributed by atoms with Gasteiger partial charge in [-0.2, -0.15) is 0 Å². The van der Waals surface area contributed by atoms with Crippen molar-refractivity contribution in [2.75, 3.05) is 13.7 Å². The summed E-state index contributed by atoms with van der Waals surface area (Å²) in [6.45, 7) is 4.36. The van der Waals surface area contributed by atoms with Crippen LogP contribution in [-0.4, -0.2) is 47.4 Å². The second kappa shape index (κ2) is 9.04. The number of thiazole rings is 1. The van der Waals surface area contributed by atoms with Crippen LogP contribution in [0.5, 0.6) is 5.75 Å². The van der Waals surface area contributed by atoms with E-state index in [0.717, 1.165) is 33.9 Å². The molecule has 8 heteroatoms. The van der Waals surface area contributed by atoms with Crippen LogP contribution in [0.4, 0.5) is 0 Å². The highest BCUT2D eigenvalue weighted by atomic mass is 35.5. The second-order valence-electron chi connectivity index (χ2n) is 9.00. The van der Waals surface area contributed by atoms with Gasteiger partial charge in [0, 0.05) is 17.6 Å². The van der Waals surface area contributed by atoms with Crippen molar-refractivity contribution in [3.8, 4) is 16.2 Å². The van der Waals surface area contributed by atoms with Crippen LogP contribution in [0.2, 0.25) is 5.02 Å². The highest BCUT2D eigenvalue weighted by Crippen LogP contribution is 2.48. The van der Waals surface area contributed by atoms with Crippen molar-refractivity contribution in [3.63, 3.8) is 0 Å². The van der Waals surface area contributed by atoms with E-state index in [9.17, 15) is 9.59 Å². The van der Waals surface area contributed by atoms with Crippen LogP contribution in [0.15, 0.2) is 42.5 Å². The van der Waals surface area contributed by atoms with Crippen LogP contribution >= 0.6 is 22.9 Å². The van der Waals surface area contributed by atoms with Gasteiger partial charge in [-0.1, -0.05) is 41.4 Å². The lowest BCUT2D eigenvalue weighted by atomic mass is 10.1. The zero-order valence-corrected chi connectivity index (χ0v) is 20.9. The van der Waals surface area contributed by atoms with Gasteiger partial charge in [0.25, 0.3) is 11.8 Å². The fourth-order valence-corrected chi connectivity index (χ4v) is 5.96. The molecule has 3 aromatic rings. The first kappa shape index (κ1) is 22.9. The number of rotatable bonds is 6. The van der Waals surface area contributed by atoms with Crippen LogP contribution in [0.1, 0.15) is 44.3 Å². The zero-order valence-electron chi connectivity index (χ0n) is 19.3. The minimum absolute atomic E-state index is 0.0471. The van der Waals surface area contributed by atoms with E-state index >= 15 is 0 Å². The topological polar surface area (TPSA) is 71.5 Å². The molecule has 1 N–H and O–H groups in total. The molecule has 2 heterocycles. The Morgan fingerprint density at radius 1 is 1.21 bits per heavy atom. The van der Waals surface area contributed by atoms with Crippen LogP contribution in [0.25, 0.3) is 10.4 Å². The van der Waals surface area contributed by atoms with E-state index in [1.165, 1.54) is 7.11 Å². The lowest BCUT2D eigenvalue weighted by molar-refractivity contribution is 0.0684. The first-order chi connectivity index (χ1) is 16.4. The van der Waals surface area contributed by atoms with Gasteiger partial charge in [0.1, 0.15) is 11.4 Å². The molecule has 0 spiro atoms. The molecule has 0 bridgehead atoms. The smallest absolute Gasteiger partial charge is 0.274 e. The Labute approximate surface area is 207 Å². The highest BCUT2D eigenvalue weighted by molar-refractivity contribution is 7.15. The number of halogens is 1. The molecule has 6 nitrogen and oxygen atoms in total. The van der Waals surface area contributed by atoms with Gasteiger partial charge in [-0.05, 0) is 56.4 Å². The van der Waals surface area contributed by atoms with E-state index in [4.69, 9.17) is 16.3 Å². The number of aromatic nitrogens is 1. The monoisotopic (exact) mass is 495 g/mol. The number of carbonyl (C=O) groups is 2. The van der Waals surface area contributed by atoms with E-state index in [2.05, 4.69) is 16.4 Å². The van der Waals surface area contributed by atoms with Gasteiger partial charge in [0.05, 0.1) is 28.6 Å². The number of nitrogens with one attached hydrogen (secondary N) is 1. The third-order valence-corrected chi connectivity index (χ3v) is 7.82. The van der Waals surface area contributed by atoms with Gasteiger partial charge >= 0.3 is 0 Å². The molecule has 5 rings (SSSR count). The molecule has 34 heavy (non-hydrogen) atoms. The number of ether oxygens (including phenoxy) is 1. The minimum Gasteiger partial charge on any atom is -0.496 e. The quantitative estimate of drug-likeness (QED) is 0.515. The summed E-state index contributed by atoms with van der Waals surface area (Å²) in [5.41, 5.74) is 3.09. The normalized spacial score (nSPS) is 20.7. The Morgan fingerprint density at radius 2 is 2.03 bits per heavy atom. The van der Waals surface area contributed by atoms with Crippen molar-refractivity contribution in [2.24, 2.45) is 5.92 Å². The Kier molecular flexibility index (Phi) is 6.08. The maximum atomic E-state index is 13.8. The molecule has 0 radical (unpaired) electrons. The summed E-state index contributed by atoms with van der Waals surface area (Å²) >= 11 is 7.57. The molecule has 2 aromatic carbocycles. The molecule has 1 aliphatic carbocycles. The van der Waals surface area contributed by atoms with Crippen LogP contribution in [-0.2, 0) is 0 Å². The van der Waals surface area contributed by atoms with Gasteiger partial charge in [-0.25, -0.2) is 4.98 Å². The van der Waals surface area contributed by atoms with Crippen molar-refractivity contribution < 1.29 is 14.3 Å². The first-order valence-electron chi connectivity index (χ1n) is 11.3. The van der Waals surface area contributed by atoms with Gasteiger partial charge in [0.15, 0.2) is 0 Å². The molecule has 1 saturated carbocycles. The second-order valence-corrected chi connectivity index (χ2v) is 10.6. The maximum Gasteiger partial charge on any atom is 0.274 e. The number of methoxy groups -OCH3 is 1. The third-order valence-electron chi connectivity index (χ3n) is 6.57.